The second-order valence-electron chi connectivity index (χ2n) is 7.02. The Kier molecular flexibility index (Phi) is 3.52. The number of carbonyl (C=O) groups excluding carboxylic acids is 1. The average Bonchev–Trinajstić information content (AvgIpc) is 3.01. The van der Waals surface area contributed by atoms with Gasteiger partial charge in [0.25, 0.3) is 5.56 Å². The number of H-pyrrole nitrogens is 1. The van der Waals surface area contributed by atoms with Crippen LogP contribution in [0.2, 0.25) is 0 Å². The van der Waals surface area contributed by atoms with Gasteiger partial charge in [0.2, 0.25) is 5.91 Å². The summed E-state index contributed by atoms with van der Waals surface area (Å²) in [6, 6.07) is 11.6. The van der Waals surface area contributed by atoms with Crippen LogP contribution in [0.4, 0.5) is 0 Å². The van der Waals surface area contributed by atoms with Crippen molar-refractivity contribution in [2.45, 2.75) is 44.1 Å². The van der Waals surface area contributed by atoms with Gasteiger partial charge in [-0.25, -0.2) is 4.98 Å². The van der Waals surface area contributed by atoms with Crippen molar-refractivity contribution < 1.29 is 4.79 Å². The Labute approximate surface area is 140 Å². The molecule has 24 heavy (non-hydrogen) atoms. The van der Waals surface area contributed by atoms with E-state index >= 15 is 0 Å². The standard InChI is InChI=1S/C19H21N3O2/c23-16-10-15(21-13-22-16)11-20-17(24)19(14-6-2-1-3-7-14)12-18(19)8-4-5-9-18/h1-3,6-7,10,13H,4-5,8-9,11-12H2,(H,20,24)(H,21,22,23)/t19-/m1/s1. The lowest BCUT2D eigenvalue weighted by molar-refractivity contribution is -0.124. The molecular formula is C19H21N3O2. The first-order valence-corrected chi connectivity index (χ1v) is 8.54. The van der Waals surface area contributed by atoms with Gasteiger partial charge in [-0.2, -0.15) is 0 Å². The molecule has 1 spiro atoms. The van der Waals surface area contributed by atoms with Crippen molar-refractivity contribution in [3.63, 3.8) is 0 Å². The van der Waals surface area contributed by atoms with Gasteiger partial charge in [-0.15, -0.1) is 0 Å². The topological polar surface area (TPSA) is 74.8 Å². The molecule has 2 aliphatic carbocycles. The first-order valence-electron chi connectivity index (χ1n) is 8.54. The van der Waals surface area contributed by atoms with E-state index in [0.717, 1.165) is 24.8 Å². The molecule has 0 aliphatic heterocycles. The summed E-state index contributed by atoms with van der Waals surface area (Å²) in [7, 11) is 0. The highest BCUT2D eigenvalue weighted by Gasteiger charge is 2.72. The smallest absolute Gasteiger partial charge is 0.250 e. The predicted octanol–water partition coefficient (Wildman–Crippen LogP) is 2.29. The largest absolute Gasteiger partial charge is 0.350 e. The summed E-state index contributed by atoms with van der Waals surface area (Å²) in [4.78, 5) is 31.1. The van der Waals surface area contributed by atoms with Crippen LogP contribution >= 0.6 is 0 Å². The lowest BCUT2D eigenvalue weighted by Crippen LogP contribution is -2.38. The fraction of sp³-hybridized carbons (Fsp3) is 0.421. The molecule has 2 aromatic rings. The summed E-state index contributed by atoms with van der Waals surface area (Å²) in [5.41, 5.74) is 1.21. The van der Waals surface area contributed by atoms with Crippen LogP contribution in [0.3, 0.4) is 0 Å². The van der Waals surface area contributed by atoms with E-state index in [-0.39, 0.29) is 23.4 Å². The minimum atomic E-state index is -0.411. The van der Waals surface area contributed by atoms with Crippen molar-refractivity contribution in [2.24, 2.45) is 5.41 Å². The van der Waals surface area contributed by atoms with Crippen LogP contribution in [-0.4, -0.2) is 15.9 Å². The zero-order chi connectivity index (χ0) is 16.6. The van der Waals surface area contributed by atoms with Gasteiger partial charge < -0.3 is 10.3 Å². The summed E-state index contributed by atoms with van der Waals surface area (Å²) >= 11 is 0. The maximum atomic E-state index is 13.1. The number of nitrogens with one attached hydrogen (secondary N) is 2. The third kappa shape index (κ3) is 2.27. The lowest BCUT2D eigenvalue weighted by atomic mass is 9.84. The van der Waals surface area contributed by atoms with Crippen LogP contribution in [0.1, 0.15) is 43.4 Å². The van der Waals surface area contributed by atoms with Crippen molar-refractivity contribution in [3.05, 3.63) is 64.3 Å². The van der Waals surface area contributed by atoms with Crippen LogP contribution in [0.5, 0.6) is 0 Å². The van der Waals surface area contributed by atoms with Gasteiger partial charge in [0.05, 0.1) is 24.0 Å². The van der Waals surface area contributed by atoms with Crippen molar-refractivity contribution in [1.82, 2.24) is 15.3 Å². The second-order valence-corrected chi connectivity index (χ2v) is 7.02. The van der Waals surface area contributed by atoms with E-state index < -0.39 is 5.41 Å². The number of carbonyl (C=O) groups is 1. The van der Waals surface area contributed by atoms with Crippen LogP contribution in [0.15, 0.2) is 47.5 Å². The number of aromatic nitrogens is 2. The zero-order valence-electron chi connectivity index (χ0n) is 13.5. The van der Waals surface area contributed by atoms with E-state index in [1.807, 2.05) is 18.2 Å². The Morgan fingerprint density at radius 3 is 2.67 bits per heavy atom. The fourth-order valence-electron chi connectivity index (χ4n) is 4.53. The minimum Gasteiger partial charge on any atom is -0.350 e. The van der Waals surface area contributed by atoms with Crippen molar-refractivity contribution in [2.75, 3.05) is 0 Å². The molecule has 1 amide bonds. The molecule has 124 valence electrons. The summed E-state index contributed by atoms with van der Waals surface area (Å²) in [5.74, 6) is 0.0673. The highest BCUT2D eigenvalue weighted by Crippen LogP contribution is 2.72. The maximum Gasteiger partial charge on any atom is 0.250 e. The molecule has 2 saturated carbocycles. The molecule has 0 saturated heterocycles. The molecule has 0 unspecified atom stereocenters. The number of hydrogen-bond acceptors (Lipinski definition) is 3. The number of hydrogen-bond donors (Lipinski definition) is 2. The summed E-state index contributed by atoms with van der Waals surface area (Å²) in [6.45, 7) is 0.285. The van der Waals surface area contributed by atoms with E-state index in [1.54, 1.807) is 0 Å². The summed E-state index contributed by atoms with van der Waals surface area (Å²) < 4.78 is 0. The van der Waals surface area contributed by atoms with E-state index in [1.165, 1.54) is 25.2 Å². The molecule has 2 N–H and O–H groups in total. The first kappa shape index (κ1) is 15.1. The number of nitrogens with zero attached hydrogens (tertiary/aromatic N) is 1. The minimum absolute atomic E-state index is 0.0673. The Balaban J connectivity index is 1.59. The van der Waals surface area contributed by atoms with Crippen molar-refractivity contribution >= 4 is 5.91 Å². The Hall–Kier alpha value is -2.43. The molecule has 1 atom stereocenters. The Morgan fingerprint density at radius 2 is 1.96 bits per heavy atom. The molecule has 5 nitrogen and oxygen atoms in total. The molecule has 0 radical (unpaired) electrons. The molecule has 5 heteroatoms. The quantitative estimate of drug-likeness (QED) is 0.906. The average molecular weight is 323 g/mol. The van der Waals surface area contributed by atoms with Gasteiger partial charge in [0.1, 0.15) is 0 Å². The maximum absolute atomic E-state index is 13.1. The molecule has 2 fully saturated rings. The Morgan fingerprint density at radius 1 is 1.21 bits per heavy atom. The second kappa shape index (κ2) is 5.58. The van der Waals surface area contributed by atoms with Crippen LogP contribution < -0.4 is 10.9 Å². The van der Waals surface area contributed by atoms with Crippen molar-refractivity contribution in [3.8, 4) is 0 Å². The predicted molar refractivity (Wildman–Crippen MR) is 90.3 cm³/mol. The Bertz CT molecular complexity index is 809. The molecule has 0 bridgehead atoms. The first-order chi connectivity index (χ1) is 11.7. The highest BCUT2D eigenvalue weighted by molar-refractivity contribution is 5.93. The van der Waals surface area contributed by atoms with E-state index in [2.05, 4.69) is 27.4 Å². The van der Waals surface area contributed by atoms with Crippen LogP contribution in [0.25, 0.3) is 0 Å². The monoisotopic (exact) mass is 323 g/mol. The van der Waals surface area contributed by atoms with Gasteiger partial charge in [0, 0.05) is 6.07 Å². The molecule has 1 aromatic carbocycles. The number of aromatic amines is 1. The molecule has 1 heterocycles. The fourth-order valence-corrected chi connectivity index (χ4v) is 4.53. The third-order valence-corrected chi connectivity index (χ3v) is 5.76. The molecule has 2 aliphatic rings. The van der Waals surface area contributed by atoms with Crippen molar-refractivity contribution in [1.29, 1.82) is 0 Å². The molecule has 4 rings (SSSR count). The highest BCUT2D eigenvalue weighted by atomic mass is 16.2. The van der Waals surface area contributed by atoms with E-state index in [9.17, 15) is 9.59 Å². The lowest BCUT2D eigenvalue weighted by Gasteiger charge is -2.22. The third-order valence-electron chi connectivity index (χ3n) is 5.76. The van der Waals surface area contributed by atoms with Crippen LogP contribution in [-0.2, 0) is 16.8 Å². The number of benzene rings is 1. The van der Waals surface area contributed by atoms with Gasteiger partial charge >= 0.3 is 0 Å². The van der Waals surface area contributed by atoms with Gasteiger partial charge in [-0.3, -0.25) is 9.59 Å². The molecule has 1 aromatic heterocycles. The van der Waals surface area contributed by atoms with Gasteiger partial charge in [-0.05, 0) is 30.2 Å². The van der Waals surface area contributed by atoms with Gasteiger partial charge in [0.15, 0.2) is 0 Å². The van der Waals surface area contributed by atoms with Gasteiger partial charge in [-0.1, -0.05) is 43.2 Å². The zero-order valence-corrected chi connectivity index (χ0v) is 13.5. The van der Waals surface area contributed by atoms with E-state index in [4.69, 9.17) is 0 Å². The van der Waals surface area contributed by atoms with Crippen LogP contribution in [0, 0.1) is 5.41 Å². The molecular weight excluding hydrogens is 302 g/mol. The normalized spacial score (nSPS) is 24.0. The summed E-state index contributed by atoms with van der Waals surface area (Å²) in [5, 5.41) is 3.02. The summed E-state index contributed by atoms with van der Waals surface area (Å²) in [6.07, 6.45) is 6.96. The van der Waals surface area contributed by atoms with E-state index in [0.29, 0.717) is 5.69 Å². The number of amides is 1. The SMILES string of the molecule is O=C(NCc1cc(=O)[nH]cn1)[C@]1(c2ccccc2)CC12CCCC2. The number of rotatable bonds is 4.